The third-order valence-corrected chi connectivity index (χ3v) is 3.21. The van der Waals surface area contributed by atoms with Gasteiger partial charge in [-0.15, -0.1) is 0 Å². The Balaban J connectivity index is 2.16. The largest absolute Gasteiger partial charge is 0.419 e. The lowest BCUT2D eigenvalue weighted by Gasteiger charge is -2.26. The van der Waals surface area contributed by atoms with Crippen LogP contribution in [-0.2, 0) is 17.5 Å². The first-order valence-corrected chi connectivity index (χ1v) is 5.96. The van der Waals surface area contributed by atoms with Crippen LogP contribution in [0.4, 0.5) is 17.6 Å². The predicted molar refractivity (Wildman–Crippen MR) is 61.4 cm³/mol. The number of ether oxygens (including phenoxy) is 1. The molecule has 0 saturated carbocycles. The molecule has 2 aromatic rings. The molecule has 0 bridgehead atoms. The molecule has 0 fully saturated rings. The Labute approximate surface area is 111 Å². The third-order valence-electron chi connectivity index (χ3n) is 3.21. The van der Waals surface area contributed by atoms with Crippen LogP contribution in [0.5, 0.6) is 0 Å². The minimum Gasteiger partial charge on any atom is -0.364 e. The molecule has 0 radical (unpaired) electrons. The van der Waals surface area contributed by atoms with Crippen molar-refractivity contribution in [1.82, 2.24) is 9.55 Å². The number of fused-ring (bicyclic) bond motifs is 1. The van der Waals surface area contributed by atoms with Gasteiger partial charge in [0, 0.05) is 24.5 Å². The lowest BCUT2D eigenvalue weighted by molar-refractivity contribution is -0.142. The first-order chi connectivity index (χ1) is 9.48. The molecule has 3 nitrogen and oxygen atoms in total. The number of nitrogens with zero attached hydrogens (tertiary/aromatic N) is 2. The average Bonchev–Trinajstić information content (AvgIpc) is 2.84. The van der Waals surface area contributed by atoms with Gasteiger partial charge in [0.1, 0.15) is 17.7 Å². The molecule has 2 heterocycles. The zero-order chi connectivity index (χ0) is 14.3. The molecule has 1 aliphatic rings. The normalized spacial score (nSPS) is 18.9. The Morgan fingerprint density at radius 3 is 2.85 bits per heavy atom. The van der Waals surface area contributed by atoms with Crippen molar-refractivity contribution in [2.75, 3.05) is 6.61 Å². The Kier molecular flexibility index (Phi) is 3.01. The van der Waals surface area contributed by atoms with E-state index in [4.69, 9.17) is 4.74 Å². The standard InChI is InChI=1S/C13H10F4N2O/c14-9-3-1-2-8(10(9)13(15,16)17)11-12-18-4-5-19(12)6-7-20-11/h1-5,11H,6-7H2. The van der Waals surface area contributed by atoms with Gasteiger partial charge in [0.2, 0.25) is 0 Å². The van der Waals surface area contributed by atoms with E-state index < -0.39 is 23.7 Å². The highest BCUT2D eigenvalue weighted by molar-refractivity contribution is 5.36. The van der Waals surface area contributed by atoms with Crippen molar-refractivity contribution in [3.63, 3.8) is 0 Å². The summed E-state index contributed by atoms with van der Waals surface area (Å²) >= 11 is 0. The summed E-state index contributed by atoms with van der Waals surface area (Å²) in [5.41, 5.74) is -1.54. The minimum atomic E-state index is -4.78. The van der Waals surface area contributed by atoms with Crippen LogP contribution in [0, 0.1) is 5.82 Å². The summed E-state index contributed by atoms with van der Waals surface area (Å²) in [4.78, 5) is 4.02. The fourth-order valence-corrected chi connectivity index (χ4v) is 2.38. The van der Waals surface area contributed by atoms with Crippen LogP contribution in [-0.4, -0.2) is 16.2 Å². The summed E-state index contributed by atoms with van der Waals surface area (Å²) in [6.45, 7) is 0.768. The molecule has 20 heavy (non-hydrogen) atoms. The van der Waals surface area contributed by atoms with E-state index in [0.29, 0.717) is 12.4 Å². The van der Waals surface area contributed by atoms with Crippen LogP contribution in [0.1, 0.15) is 23.1 Å². The highest BCUT2D eigenvalue weighted by atomic mass is 19.4. The highest BCUT2D eigenvalue weighted by Crippen LogP contribution is 2.39. The molecule has 1 unspecified atom stereocenters. The summed E-state index contributed by atoms with van der Waals surface area (Å²) in [5, 5.41) is 0. The van der Waals surface area contributed by atoms with Crippen LogP contribution in [0.3, 0.4) is 0 Å². The fraction of sp³-hybridized carbons (Fsp3) is 0.308. The summed E-state index contributed by atoms with van der Waals surface area (Å²) in [7, 11) is 0. The van der Waals surface area contributed by atoms with Gasteiger partial charge >= 0.3 is 6.18 Å². The quantitative estimate of drug-likeness (QED) is 0.753. The molecular formula is C13H10F4N2O. The zero-order valence-electron chi connectivity index (χ0n) is 10.2. The van der Waals surface area contributed by atoms with E-state index in [0.717, 1.165) is 6.07 Å². The number of hydrogen-bond acceptors (Lipinski definition) is 2. The van der Waals surface area contributed by atoms with E-state index >= 15 is 0 Å². The number of rotatable bonds is 1. The molecule has 0 aliphatic carbocycles. The van der Waals surface area contributed by atoms with E-state index in [1.54, 1.807) is 10.8 Å². The molecule has 3 rings (SSSR count). The molecule has 106 valence electrons. The molecule has 1 aromatic heterocycles. The molecule has 1 aliphatic heterocycles. The van der Waals surface area contributed by atoms with Gasteiger partial charge in [-0.3, -0.25) is 0 Å². The molecular weight excluding hydrogens is 276 g/mol. The van der Waals surface area contributed by atoms with Crippen LogP contribution in [0.15, 0.2) is 30.6 Å². The Morgan fingerprint density at radius 1 is 1.30 bits per heavy atom. The topological polar surface area (TPSA) is 27.1 Å². The number of benzene rings is 1. The van der Waals surface area contributed by atoms with Crippen molar-refractivity contribution in [1.29, 1.82) is 0 Å². The lowest BCUT2D eigenvalue weighted by Crippen LogP contribution is -2.25. The molecule has 1 atom stereocenters. The predicted octanol–water partition coefficient (Wildman–Crippen LogP) is 3.16. The Bertz CT molecular complexity index is 636. The van der Waals surface area contributed by atoms with Crippen molar-refractivity contribution < 1.29 is 22.3 Å². The van der Waals surface area contributed by atoms with Gasteiger partial charge in [-0.05, 0) is 6.07 Å². The minimum absolute atomic E-state index is 0.246. The molecule has 0 saturated heterocycles. The highest BCUT2D eigenvalue weighted by Gasteiger charge is 2.40. The van der Waals surface area contributed by atoms with Gasteiger partial charge < -0.3 is 9.30 Å². The van der Waals surface area contributed by atoms with E-state index in [1.807, 2.05) is 0 Å². The second kappa shape index (κ2) is 4.59. The fourth-order valence-electron chi connectivity index (χ4n) is 2.38. The first kappa shape index (κ1) is 13.1. The second-order valence-corrected chi connectivity index (χ2v) is 4.43. The van der Waals surface area contributed by atoms with Crippen molar-refractivity contribution in [3.05, 3.63) is 53.4 Å². The number of hydrogen-bond donors (Lipinski definition) is 0. The summed E-state index contributed by atoms with van der Waals surface area (Å²) in [5.74, 6) is -0.949. The van der Waals surface area contributed by atoms with E-state index in [2.05, 4.69) is 4.98 Å². The van der Waals surface area contributed by atoms with Crippen LogP contribution in [0.25, 0.3) is 0 Å². The van der Waals surface area contributed by atoms with E-state index in [9.17, 15) is 17.6 Å². The summed E-state index contributed by atoms with van der Waals surface area (Å²) in [6, 6.07) is 3.26. The maximum absolute atomic E-state index is 13.6. The second-order valence-electron chi connectivity index (χ2n) is 4.43. The molecule has 7 heteroatoms. The monoisotopic (exact) mass is 286 g/mol. The van der Waals surface area contributed by atoms with E-state index in [-0.39, 0.29) is 12.2 Å². The Morgan fingerprint density at radius 2 is 2.10 bits per heavy atom. The Hall–Kier alpha value is -1.89. The number of halogens is 4. The molecule has 0 spiro atoms. The van der Waals surface area contributed by atoms with Crippen LogP contribution in [0.2, 0.25) is 0 Å². The number of alkyl halides is 3. The molecule has 0 N–H and O–H groups in total. The van der Waals surface area contributed by atoms with Crippen molar-refractivity contribution >= 4 is 0 Å². The van der Waals surface area contributed by atoms with Crippen LogP contribution >= 0.6 is 0 Å². The van der Waals surface area contributed by atoms with Crippen molar-refractivity contribution in [3.8, 4) is 0 Å². The third kappa shape index (κ3) is 2.07. The van der Waals surface area contributed by atoms with E-state index in [1.165, 1.54) is 18.3 Å². The number of imidazole rings is 1. The van der Waals surface area contributed by atoms with Gasteiger partial charge in [-0.25, -0.2) is 9.37 Å². The van der Waals surface area contributed by atoms with Gasteiger partial charge in [0.25, 0.3) is 0 Å². The van der Waals surface area contributed by atoms with Crippen molar-refractivity contribution in [2.45, 2.75) is 18.8 Å². The lowest BCUT2D eigenvalue weighted by atomic mass is 10.00. The van der Waals surface area contributed by atoms with Crippen LogP contribution < -0.4 is 0 Å². The average molecular weight is 286 g/mol. The maximum Gasteiger partial charge on any atom is 0.419 e. The van der Waals surface area contributed by atoms with Crippen molar-refractivity contribution in [2.24, 2.45) is 0 Å². The molecule has 1 aromatic carbocycles. The number of aromatic nitrogens is 2. The van der Waals surface area contributed by atoms with Gasteiger partial charge in [0.15, 0.2) is 0 Å². The molecule has 0 amide bonds. The summed E-state index contributed by atoms with van der Waals surface area (Å²) < 4.78 is 59.8. The smallest absolute Gasteiger partial charge is 0.364 e. The van der Waals surface area contributed by atoms with Gasteiger partial charge in [-0.2, -0.15) is 13.2 Å². The maximum atomic E-state index is 13.6. The zero-order valence-corrected chi connectivity index (χ0v) is 10.2. The van der Waals surface area contributed by atoms with Gasteiger partial charge in [0.05, 0.1) is 12.2 Å². The van der Waals surface area contributed by atoms with Gasteiger partial charge in [-0.1, -0.05) is 12.1 Å². The first-order valence-electron chi connectivity index (χ1n) is 5.96. The summed E-state index contributed by atoms with van der Waals surface area (Å²) in [6.07, 6.45) is -2.63. The SMILES string of the molecule is Fc1cccc(C2OCCn3ccnc32)c1C(F)(F)F.